The molecule has 0 aliphatic carbocycles. The summed E-state index contributed by atoms with van der Waals surface area (Å²) in [6, 6.07) is 13.5. The third-order valence-electron chi connectivity index (χ3n) is 4.08. The van der Waals surface area contributed by atoms with Gasteiger partial charge in [-0.05, 0) is 42.3 Å². The maximum atomic E-state index is 12.6. The van der Waals surface area contributed by atoms with Gasteiger partial charge in [-0.1, -0.05) is 30.3 Å². The highest BCUT2D eigenvalue weighted by atomic mass is 32.1. The summed E-state index contributed by atoms with van der Waals surface area (Å²) < 4.78 is 0. The first-order valence-electron chi connectivity index (χ1n) is 7.63. The first kappa shape index (κ1) is 16.2. The Morgan fingerprint density at radius 2 is 1.67 bits per heavy atom. The molecule has 0 fully saturated rings. The van der Waals surface area contributed by atoms with Gasteiger partial charge in [0, 0.05) is 17.5 Å². The van der Waals surface area contributed by atoms with Gasteiger partial charge in [0.05, 0.1) is 5.56 Å². The fourth-order valence-electron chi connectivity index (χ4n) is 2.62. The summed E-state index contributed by atoms with van der Waals surface area (Å²) >= 11 is 1.42. The molecule has 0 bridgehead atoms. The molecule has 0 spiro atoms. The van der Waals surface area contributed by atoms with Gasteiger partial charge >= 0.3 is 0 Å². The SMILES string of the molecule is CNC(=O)c1c(NC(=O)c2ccc3ccccc3c2)sc(C)c1C. The zero-order valence-corrected chi connectivity index (χ0v) is 14.6. The number of anilines is 1. The third-order valence-corrected chi connectivity index (χ3v) is 5.20. The lowest BCUT2D eigenvalue weighted by molar-refractivity contribution is 0.0963. The van der Waals surface area contributed by atoms with E-state index in [1.807, 2.05) is 50.2 Å². The second kappa shape index (κ2) is 6.45. The minimum absolute atomic E-state index is 0.189. The van der Waals surface area contributed by atoms with E-state index in [-0.39, 0.29) is 11.8 Å². The quantitative estimate of drug-likeness (QED) is 0.754. The number of hydrogen-bond acceptors (Lipinski definition) is 3. The highest BCUT2D eigenvalue weighted by Gasteiger charge is 2.20. The Hall–Kier alpha value is -2.66. The van der Waals surface area contributed by atoms with Crippen molar-refractivity contribution in [1.29, 1.82) is 0 Å². The molecule has 0 aliphatic heterocycles. The van der Waals surface area contributed by atoms with Gasteiger partial charge in [0.1, 0.15) is 5.00 Å². The fourth-order valence-corrected chi connectivity index (χ4v) is 3.67. The molecule has 4 nitrogen and oxygen atoms in total. The van der Waals surface area contributed by atoms with E-state index in [1.54, 1.807) is 13.1 Å². The first-order chi connectivity index (χ1) is 11.5. The van der Waals surface area contributed by atoms with Gasteiger partial charge in [-0.3, -0.25) is 9.59 Å². The molecule has 24 heavy (non-hydrogen) atoms. The van der Waals surface area contributed by atoms with Crippen LogP contribution in [-0.2, 0) is 0 Å². The van der Waals surface area contributed by atoms with E-state index in [1.165, 1.54) is 11.3 Å². The molecule has 0 aliphatic rings. The number of fused-ring (bicyclic) bond motifs is 1. The van der Waals surface area contributed by atoms with E-state index in [4.69, 9.17) is 0 Å². The minimum Gasteiger partial charge on any atom is -0.355 e. The van der Waals surface area contributed by atoms with Crippen molar-refractivity contribution in [2.75, 3.05) is 12.4 Å². The Labute approximate surface area is 144 Å². The summed E-state index contributed by atoms with van der Waals surface area (Å²) in [7, 11) is 1.59. The van der Waals surface area contributed by atoms with Crippen LogP contribution >= 0.6 is 11.3 Å². The molecule has 122 valence electrons. The zero-order valence-electron chi connectivity index (χ0n) is 13.8. The van der Waals surface area contributed by atoms with Gasteiger partial charge in [0.2, 0.25) is 0 Å². The van der Waals surface area contributed by atoms with Crippen LogP contribution in [0, 0.1) is 13.8 Å². The lowest BCUT2D eigenvalue weighted by atomic mass is 10.1. The fraction of sp³-hybridized carbons (Fsp3) is 0.158. The van der Waals surface area contributed by atoms with E-state index in [2.05, 4.69) is 10.6 Å². The van der Waals surface area contributed by atoms with Crippen LogP contribution in [0.2, 0.25) is 0 Å². The zero-order chi connectivity index (χ0) is 17.3. The Balaban J connectivity index is 1.94. The number of amides is 2. The van der Waals surface area contributed by atoms with Crippen molar-refractivity contribution in [3.05, 3.63) is 64.0 Å². The summed E-state index contributed by atoms with van der Waals surface area (Å²) in [5.41, 5.74) is 2.00. The highest BCUT2D eigenvalue weighted by Crippen LogP contribution is 2.32. The molecule has 2 amide bonds. The second-order valence-electron chi connectivity index (χ2n) is 5.58. The molecule has 0 unspecified atom stereocenters. The molecule has 0 saturated carbocycles. The predicted molar refractivity (Wildman–Crippen MR) is 99.1 cm³/mol. The van der Waals surface area contributed by atoms with E-state index in [0.29, 0.717) is 16.1 Å². The predicted octanol–water partition coefficient (Wildman–Crippen LogP) is 4.13. The Bertz CT molecular complexity index is 944. The maximum Gasteiger partial charge on any atom is 0.256 e. The molecule has 0 atom stereocenters. The number of carbonyl (C=O) groups is 2. The van der Waals surface area contributed by atoms with Crippen molar-refractivity contribution in [3.63, 3.8) is 0 Å². The second-order valence-corrected chi connectivity index (χ2v) is 6.81. The minimum atomic E-state index is -0.216. The summed E-state index contributed by atoms with van der Waals surface area (Å²) in [6.45, 7) is 3.83. The lowest BCUT2D eigenvalue weighted by Gasteiger charge is -2.07. The highest BCUT2D eigenvalue weighted by molar-refractivity contribution is 7.16. The number of nitrogens with one attached hydrogen (secondary N) is 2. The van der Waals surface area contributed by atoms with E-state index in [0.717, 1.165) is 21.2 Å². The largest absolute Gasteiger partial charge is 0.355 e. The summed E-state index contributed by atoms with van der Waals surface area (Å²) in [5, 5.41) is 8.20. The van der Waals surface area contributed by atoms with Gasteiger partial charge in [0.15, 0.2) is 0 Å². The number of rotatable bonds is 3. The van der Waals surface area contributed by atoms with Crippen molar-refractivity contribution < 1.29 is 9.59 Å². The molecule has 3 rings (SSSR count). The average molecular weight is 338 g/mol. The lowest BCUT2D eigenvalue weighted by Crippen LogP contribution is -2.21. The molecular weight excluding hydrogens is 320 g/mol. The molecule has 0 radical (unpaired) electrons. The van der Waals surface area contributed by atoms with Crippen LogP contribution in [0.5, 0.6) is 0 Å². The van der Waals surface area contributed by atoms with Crippen LogP contribution in [0.25, 0.3) is 10.8 Å². The van der Waals surface area contributed by atoms with Crippen LogP contribution < -0.4 is 10.6 Å². The molecule has 2 aromatic carbocycles. The Morgan fingerprint density at radius 1 is 0.958 bits per heavy atom. The topological polar surface area (TPSA) is 58.2 Å². The average Bonchev–Trinajstić information content (AvgIpc) is 2.87. The Morgan fingerprint density at radius 3 is 2.38 bits per heavy atom. The molecular formula is C19H18N2O2S. The third kappa shape index (κ3) is 2.90. The first-order valence-corrected chi connectivity index (χ1v) is 8.45. The normalized spacial score (nSPS) is 10.6. The van der Waals surface area contributed by atoms with E-state index < -0.39 is 0 Å². The smallest absolute Gasteiger partial charge is 0.256 e. The molecule has 3 aromatic rings. The van der Waals surface area contributed by atoms with Crippen molar-refractivity contribution >= 4 is 38.9 Å². The van der Waals surface area contributed by atoms with Gasteiger partial charge < -0.3 is 10.6 Å². The molecule has 2 N–H and O–H groups in total. The molecule has 0 saturated heterocycles. The monoisotopic (exact) mass is 338 g/mol. The van der Waals surface area contributed by atoms with Gasteiger partial charge in [0.25, 0.3) is 11.8 Å². The van der Waals surface area contributed by atoms with Crippen molar-refractivity contribution in [3.8, 4) is 0 Å². The van der Waals surface area contributed by atoms with Crippen LogP contribution in [-0.4, -0.2) is 18.9 Å². The van der Waals surface area contributed by atoms with Gasteiger partial charge in [-0.15, -0.1) is 11.3 Å². The number of benzene rings is 2. The van der Waals surface area contributed by atoms with Gasteiger partial charge in [-0.25, -0.2) is 0 Å². The number of thiophene rings is 1. The standard InChI is InChI=1S/C19H18N2O2S/c1-11-12(2)24-19(16(11)18(23)20-3)21-17(22)15-9-8-13-6-4-5-7-14(13)10-15/h4-10H,1-3H3,(H,20,23)(H,21,22). The van der Waals surface area contributed by atoms with E-state index >= 15 is 0 Å². The number of aryl methyl sites for hydroxylation is 1. The molecule has 1 heterocycles. The summed E-state index contributed by atoms with van der Waals surface area (Å²) in [5.74, 6) is -0.405. The van der Waals surface area contributed by atoms with Gasteiger partial charge in [-0.2, -0.15) is 0 Å². The summed E-state index contributed by atoms with van der Waals surface area (Å²) in [6.07, 6.45) is 0. The van der Waals surface area contributed by atoms with Crippen molar-refractivity contribution in [2.24, 2.45) is 0 Å². The Kier molecular flexibility index (Phi) is 4.36. The van der Waals surface area contributed by atoms with Crippen LogP contribution in [0.1, 0.15) is 31.2 Å². The van der Waals surface area contributed by atoms with Crippen molar-refractivity contribution in [2.45, 2.75) is 13.8 Å². The van der Waals surface area contributed by atoms with Crippen LogP contribution in [0.4, 0.5) is 5.00 Å². The summed E-state index contributed by atoms with van der Waals surface area (Å²) in [4.78, 5) is 25.7. The van der Waals surface area contributed by atoms with Crippen molar-refractivity contribution in [1.82, 2.24) is 5.32 Å². The maximum absolute atomic E-state index is 12.6. The molecule has 5 heteroatoms. The number of carbonyl (C=O) groups excluding carboxylic acids is 2. The molecule has 1 aromatic heterocycles. The van der Waals surface area contributed by atoms with Crippen LogP contribution in [0.15, 0.2) is 42.5 Å². The van der Waals surface area contributed by atoms with Crippen LogP contribution in [0.3, 0.4) is 0 Å². The van der Waals surface area contributed by atoms with E-state index in [9.17, 15) is 9.59 Å². The number of hydrogen-bond donors (Lipinski definition) is 2.